The minimum atomic E-state index is 0.724. The minimum absolute atomic E-state index is 0.724. The lowest BCUT2D eigenvalue weighted by atomic mass is 9.99. The maximum atomic E-state index is 5.38. The molecule has 0 bridgehead atoms. The number of aromatic nitrogens is 4. The van der Waals surface area contributed by atoms with Gasteiger partial charge in [-0.3, -0.25) is 0 Å². The average molecular weight is 741 g/mol. The summed E-state index contributed by atoms with van der Waals surface area (Å²) in [5, 5.41) is 9.96. The molecule has 4 heteroatoms. The van der Waals surface area contributed by atoms with Crippen LogP contribution in [0.25, 0.3) is 105 Å². The van der Waals surface area contributed by atoms with Crippen molar-refractivity contribution in [3.8, 4) is 34.0 Å². The van der Waals surface area contributed by atoms with E-state index in [1.807, 2.05) is 0 Å². The second kappa shape index (κ2) is 13.0. The topological polar surface area (TPSA) is 35.6 Å². The second-order valence-electron chi connectivity index (χ2n) is 15.3. The maximum Gasteiger partial charge on any atom is 0.160 e. The largest absolute Gasteiger partial charge is 0.309 e. The van der Waals surface area contributed by atoms with Gasteiger partial charge < -0.3 is 9.13 Å². The number of benzene rings is 8. The van der Waals surface area contributed by atoms with Crippen LogP contribution >= 0.6 is 0 Å². The lowest BCUT2D eigenvalue weighted by Gasteiger charge is -2.14. The first-order valence-electron chi connectivity index (χ1n) is 20.1. The Labute approximate surface area is 335 Å². The van der Waals surface area contributed by atoms with Crippen LogP contribution in [0.4, 0.5) is 0 Å². The van der Waals surface area contributed by atoms with Gasteiger partial charge in [0.15, 0.2) is 5.82 Å². The van der Waals surface area contributed by atoms with Crippen molar-refractivity contribution < 1.29 is 0 Å². The van der Waals surface area contributed by atoms with Gasteiger partial charge in [-0.2, -0.15) is 0 Å². The van der Waals surface area contributed by atoms with Crippen LogP contribution in [-0.4, -0.2) is 19.1 Å². The maximum absolute atomic E-state index is 5.38. The number of fused-ring (bicyclic) bond motifs is 10. The summed E-state index contributed by atoms with van der Waals surface area (Å²) >= 11 is 0. The highest BCUT2D eigenvalue weighted by Crippen LogP contribution is 2.41. The molecular formula is C54H36N4. The zero-order chi connectivity index (χ0) is 38.2. The summed E-state index contributed by atoms with van der Waals surface area (Å²) in [5.74, 6) is 0.724. The Morgan fingerprint density at radius 2 is 1.03 bits per heavy atom. The Hall–Kier alpha value is -7.56. The van der Waals surface area contributed by atoms with Gasteiger partial charge in [-0.25, -0.2) is 9.97 Å². The summed E-state index contributed by atoms with van der Waals surface area (Å²) in [4.78, 5) is 10.7. The molecule has 0 atom stereocenters. The van der Waals surface area contributed by atoms with Crippen LogP contribution in [0.1, 0.15) is 18.5 Å². The van der Waals surface area contributed by atoms with Crippen molar-refractivity contribution in [3.05, 3.63) is 200 Å². The molecule has 4 nitrogen and oxygen atoms in total. The quantitative estimate of drug-likeness (QED) is 0.176. The van der Waals surface area contributed by atoms with E-state index in [-0.39, 0.29) is 0 Å². The third-order valence-corrected chi connectivity index (χ3v) is 12.0. The lowest BCUT2D eigenvalue weighted by molar-refractivity contribution is 1.03. The molecule has 12 rings (SSSR count). The molecule has 0 radical (unpaired) electrons. The predicted octanol–water partition coefficient (Wildman–Crippen LogP) is 14.0. The van der Waals surface area contributed by atoms with Gasteiger partial charge in [0.25, 0.3) is 0 Å². The van der Waals surface area contributed by atoms with Gasteiger partial charge in [-0.15, -0.1) is 0 Å². The first-order chi connectivity index (χ1) is 28.8. The fourth-order valence-corrected chi connectivity index (χ4v) is 9.30. The SMILES string of the molecule is C1=CCCC(c2cc(-c3cccc(-n4c5ccc6ccccc6c5c5c6ccccc6ccc54)c3)nc(-c3ccc4c(c3)c3ccccc3n4-c3ccccc3)n2)=C1. The van der Waals surface area contributed by atoms with E-state index >= 15 is 0 Å². The molecule has 8 aromatic carbocycles. The molecular weight excluding hydrogens is 705 g/mol. The highest BCUT2D eigenvalue weighted by Gasteiger charge is 2.20. The van der Waals surface area contributed by atoms with Crippen molar-refractivity contribution in [2.75, 3.05) is 0 Å². The Bertz CT molecular complexity index is 3420. The first kappa shape index (κ1) is 32.7. The fraction of sp³-hybridized carbons (Fsp3) is 0.0370. The smallest absolute Gasteiger partial charge is 0.160 e. The van der Waals surface area contributed by atoms with E-state index in [9.17, 15) is 0 Å². The van der Waals surface area contributed by atoms with Crippen LogP contribution in [0, 0.1) is 0 Å². The predicted molar refractivity (Wildman–Crippen MR) is 243 cm³/mol. The Morgan fingerprint density at radius 1 is 0.414 bits per heavy atom. The van der Waals surface area contributed by atoms with Crippen LogP contribution in [0.5, 0.6) is 0 Å². The lowest BCUT2D eigenvalue weighted by Crippen LogP contribution is -2.00. The molecule has 11 aromatic rings. The van der Waals surface area contributed by atoms with Crippen LogP contribution in [-0.2, 0) is 0 Å². The summed E-state index contributed by atoms with van der Waals surface area (Å²) in [6, 6.07) is 63.6. The molecule has 0 saturated carbocycles. The molecule has 0 spiro atoms. The van der Waals surface area contributed by atoms with Crippen LogP contribution in [0.15, 0.2) is 194 Å². The Balaban J connectivity index is 1.06. The third-order valence-electron chi connectivity index (χ3n) is 12.0. The number of hydrogen-bond donors (Lipinski definition) is 0. The molecule has 58 heavy (non-hydrogen) atoms. The molecule has 0 unspecified atom stereocenters. The van der Waals surface area contributed by atoms with Gasteiger partial charge in [0.2, 0.25) is 0 Å². The number of rotatable bonds is 5. The molecule has 0 amide bonds. The van der Waals surface area contributed by atoms with Crippen molar-refractivity contribution in [2.24, 2.45) is 0 Å². The molecule has 3 aromatic heterocycles. The minimum Gasteiger partial charge on any atom is -0.309 e. The van der Waals surface area contributed by atoms with E-state index in [0.29, 0.717) is 0 Å². The van der Waals surface area contributed by atoms with Gasteiger partial charge in [-0.1, -0.05) is 127 Å². The van der Waals surface area contributed by atoms with Gasteiger partial charge in [-0.05, 0) is 107 Å². The average Bonchev–Trinajstić information content (AvgIpc) is 3.83. The zero-order valence-corrected chi connectivity index (χ0v) is 31.7. The van der Waals surface area contributed by atoms with Crippen LogP contribution < -0.4 is 0 Å². The van der Waals surface area contributed by atoms with Gasteiger partial charge in [0, 0.05) is 44.0 Å². The fourth-order valence-electron chi connectivity index (χ4n) is 9.30. The van der Waals surface area contributed by atoms with Crippen LogP contribution in [0.2, 0.25) is 0 Å². The summed E-state index contributed by atoms with van der Waals surface area (Å²) in [7, 11) is 0. The number of nitrogens with zero attached hydrogens (tertiary/aromatic N) is 4. The Kier molecular flexibility index (Phi) is 7.32. The van der Waals surface area contributed by atoms with E-state index in [1.165, 1.54) is 65.2 Å². The van der Waals surface area contributed by atoms with Gasteiger partial charge >= 0.3 is 0 Å². The molecule has 3 heterocycles. The monoisotopic (exact) mass is 740 g/mol. The third kappa shape index (κ3) is 5.08. The summed E-state index contributed by atoms with van der Waals surface area (Å²) < 4.78 is 4.78. The number of allylic oxidation sites excluding steroid dienone is 4. The summed E-state index contributed by atoms with van der Waals surface area (Å²) in [6.45, 7) is 0. The number of hydrogen-bond acceptors (Lipinski definition) is 2. The van der Waals surface area contributed by atoms with Crippen molar-refractivity contribution in [1.29, 1.82) is 0 Å². The molecule has 272 valence electrons. The molecule has 1 aliphatic carbocycles. The van der Waals surface area contributed by atoms with E-state index in [1.54, 1.807) is 0 Å². The highest BCUT2D eigenvalue weighted by molar-refractivity contribution is 6.28. The van der Waals surface area contributed by atoms with Crippen molar-refractivity contribution in [2.45, 2.75) is 12.8 Å². The molecule has 1 aliphatic rings. The molecule has 0 fully saturated rings. The first-order valence-corrected chi connectivity index (χ1v) is 20.1. The van der Waals surface area contributed by atoms with E-state index in [0.717, 1.165) is 58.1 Å². The highest BCUT2D eigenvalue weighted by atomic mass is 15.0. The van der Waals surface area contributed by atoms with Gasteiger partial charge in [0.05, 0.1) is 33.5 Å². The molecule has 0 aliphatic heterocycles. The zero-order valence-electron chi connectivity index (χ0n) is 31.7. The summed E-state index contributed by atoms with van der Waals surface area (Å²) in [5.41, 5.74) is 12.1. The summed E-state index contributed by atoms with van der Waals surface area (Å²) in [6.07, 6.45) is 8.53. The molecule has 0 saturated heterocycles. The van der Waals surface area contributed by atoms with Crippen molar-refractivity contribution in [3.63, 3.8) is 0 Å². The van der Waals surface area contributed by atoms with E-state index in [4.69, 9.17) is 9.97 Å². The molecule has 0 N–H and O–H groups in total. The Morgan fingerprint density at radius 3 is 1.78 bits per heavy atom. The standard InChI is InChI=1S/C54H36N4/c1-3-16-37(17-4-1)46-34-47(56-54(55-46)39-28-29-49-45(33-39)44-24-11-12-25-48(44)57(49)40-19-5-2-6-20-40)38-18-13-21-41(32-38)58-50-30-26-35-14-7-9-22-42(35)52(50)53-43-23-10-8-15-36(43)27-31-51(53)58/h1-3,5-16,18-34H,4,17H2. The van der Waals surface area contributed by atoms with Crippen LogP contribution in [0.3, 0.4) is 0 Å². The van der Waals surface area contributed by atoms with Crippen molar-refractivity contribution in [1.82, 2.24) is 19.1 Å². The normalized spacial score (nSPS) is 13.1. The van der Waals surface area contributed by atoms with E-state index in [2.05, 4.69) is 203 Å². The van der Waals surface area contributed by atoms with E-state index < -0.39 is 0 Å². The second-order valence-corrected chi connectivity index (χ2v) is 15.3. The number of para-hydroxylation sites is 2. The van der Waals surface area contributed by atoms with Gasteiger partial charge in [0.1, 0.15) is 0 Å². The van der Waals surface area contributed by atoms with Crippen molar-refractivity contribution >= 4 is 70.7 Å².